The maximum Gasteiger partial charge on any atom is 0.412 e. The van der Waals surface area contributed by atoms with Crippen molar-refractivity contribution in [3.63, 3.8) is 0 Å². The monoisotopic (exact) mass is 510 g/mol. The molecule has 4 unspecified atom stereocenters. The fourth-order valence-electron chi connectivity index (χ4n) is 4.25. The van der Waals surface area contributed by atoms with Crippen molar-refractivity contribution in [2.24, 2.45) is 0 Å². The zero-order valence-electron chi connectivity index (χ0n) is 19.3. The molecule has 2 N–H and O–H groups in total. The Morgan fingerprint density at radius 3 is 2.19 bits per heavy atom. The van der Waals surface area contributed by atoms with Gasteiger partial charge in [-0.15, -0.1) is 0 Å². The van der Waals surface area contributed by atoms with Crippen LogP contribution in [0.4, 0.5) is 10.5 Å². The Balaban J connectivity index is 1.11. The summed E-state index contributed by atoms with van der Waals surface area (Å²) in [5.74, 6) is 1.21. The molecule has 0 bridgehead atoms. The summed E-state index contributed by atoms with van der Waals surface area (Å²) in [6, 6.07) is 24.6. The molecule has 5 rings (SSSR count). The van der Waals surface area contributed by atoms with E-state index in [1.807, 2.05) is 36.4 Å². The Morgan fingerprint density at radius 1 is 0.833 bits per heavy atom. The van der Waals surface area contributed by atoms with E-state index in [0.717, 1.165) is 0 Å². The SMILES string of the molecule is O=C(Nc1ccc(Oc2ccccc2)cc1)OC1COC2C(NS(=O)(=O)Cc3ccccc3)COC12. The van der Waals surface area contributed by atoms with Crippen LogP contribution in [0.3, 0.4) is 0 Å². The van der Waals surface area contributed by atoms with Crippen LogP contribution in [-0.4, -0.2) is 52.1 Å². The maximum absolute atomic E-state index is 12.6. The van der Waals surface area contributed by atoms with Gasteiger partial charge in [0.25, 0.3) is 0 Å². The quantitative estimate of drug-likeness (QED) is 0.475. The number of carbonyl (C=O) groups is 1. The van der Waals surface area contributed by atoms with Gasteiger partial charge in [0.05, 0.1) is 25.0 Å². The van der Waals surface area contributed by atoms with E-state index >= 15 is 0 Å². The van der Waals surface area contributed by atoms with Gasteiger partial charge >= 0.3 is 6.09 Å². The van der Waals surface area contributed by atoms with Gasteiger partial charge in [-0.25, -0.2) is 17.9 Å². The lowest BCUT2D eigenvalue weighted by Gasteiger charge is -2.18. The van der Waals surface area contributed by atoms with Crippen LogP contribution in [-0.2, 0) is 30.0 Å². The summed E-state index contributed by atoms with van der Waals surface area (Å²) in [5, 5.41) is 2.68. The van der Waals surface area contributed by atoms with Crippen molar-refractivity contribution in [1.82, 2.24) is 4.72 Å². The van der Waals surface area contributed by atoms with E-state index in [2.05, 4.69) is 10.0 Å². The van der Waals surface area contributed by atoms with Gasteiger partial charge < -0.3 is 18.9 Å². The third-order valence-electron chi connectivity index (χ3n) is 5.88. The zero-order chi connectivity index (χ0) is 25.0. The van der Waals surface area contributed by atoms with E-state index in [0.29, 0.717) is 22.7 Å². The summed E-state index contributed by atoms with van der Waals surface area (Å²) in [5.41, 5.74) is 1.22. The van der Waals surface area contributed by atoms with Crippen LogP contribution < -0.4 is 14.8 Å². The van der Waals surface area contributed by atoms with Crippen LogP contribution in [0.15, 0.2) is 84.9 Å². The normalized spacial score (nSPS) is 23.1. The molecule has 0 aliphatic carbocycles. The number of amides is 1. The summed E-state index contributed by atoms with van der Waals surface area (Å²) in [4.78, 5) is 12.5. The van der Waals surface area contributed by atoms with E-state index in [4.69, 9.17) is 18.9 Å². The van der Waals surface area contributed by atoms with Gasteiger partial charge in [0.2, 0.25) is 10.0 Å². The second-order valence-corrected chi connectivity index (χ2v) is 10.3. The van der Waals surface area contributed by atoms with Crippen molar-refractivity contribution in [1.29, 1.82) is 0 Å². The van der Waals surface area contributed by atoms with Gasteiger partial charge in [-0.2, -0.15) is 0 Å². The minimum absolute atomic E-state index is 0.115. The highest BCUT2D eigenvalue weighted by molar-refractivity contribution is 7.88. The van der Waals surface area contributed by atoms with Crippen molar-refractivity contribution in [2.45, 2.75) is 30.1 Å². The highest BCUT2D eigenvalue weighted by atomic mass is 32.2. The minimum Gasteiger partial charge on any atom is -0.457 e. The summed E-state index contributed by atoms with van der Waals surface area (Å²) in [6.07, 6.45) is -2.40. The van der Waals surface area contributed by atoms with Gasteiger partial charge in [-0.1, -0.05) is 48.5 Å². The van der Waals surface area contributed by atoms with E-state index in [1.54, 1.807) is 48.5 Å². The smallest absolute Gasteiger partial charge is 0.412 e. The number of rotatable bonds is 8. The molecule has 2 heterocycles. The van der Waals surface area contributed by atoms with Crippen LogP contribution >= 0.6 is 0 Å². The Morgan fingerprint density at radius 2 is 1.47 bits per heavy atom. The molecular weight excluding hydrogens is 484 g/mol. The third kappa shape index (κ3) is 6.03. The Hall–Kier alpha value is -3.44. The molecule has 188 valence electrons. The molecule has 2 aliphatic heterocycles. The van der Waals surface area contributed by atoms with Crippen molar-refractivity contribution in [3.8, 4) is 11.5 Å². The molecule has 2 saturated heterocycles. The van der Waals surface area contributed by atoms with Crippen molar-refractivity contribution < 1.29 is 32.2 Å². The molecule has 1 amide bonds. The molecule has 3 aromatic carbocycles. The number of para-hydroxylation sites is 1. The van der Waals surface area contributed by atoms with E-state index in [9.17, 15) is 13.2 Å². The molecule has 36 heavy (non-hydrogen) atoms. The van der Waals surface area contributed by atoms with E-state index in [-0.39, 0.29) is 19.0 Å². The fourth-order valence-corrected chi connectivity index (χ4v) is 5.63. The van der Waals surface area contributed by atoms with Crippen LogP contribution in [0.2, 0.25) is 0 Å². The van der Waals surface area contributed by atoms with Crippen LogP contribution in [0.25, 0.3) is 0 Å². The highest BCUT2D eigenvalue weighted by Crippen LogP contribution is 2.30. The number of fused-ring (bicyclic) bond motifs is 1. The number of sulfonamides is 1. The molecule has 3 aromatic rings. The summed E-state index contributed by atoms with van der Waals surface area (Å²) in [6.45, 7) is 0.247. The first-order valence-electron chi connectivity index (χ1n) is 11.5. The van der Waals surface area contributed by atoms with Gasteiger partial charge in [-0.05, 0) is 42.0 Å². The average molecular weight is 511 g/mol. The molecule has 2 aliphatic rings. The van der Waals surface area contributed by atoms with E-state index < -0.39 is 40.5 Å². The minimum atomic E-state index is -3.60. The van der Waals surface area contributed by atoms with E-state index in [1.165, 1.54) is 0 Å². The topological polar surface area (TPSA) is 112 Å². The van der Waals surface area contributed by atoms with Crippen molar-refractivity contribution in [2.75, 3.05) is 18.5 Å². The second-order valence-electron chi connectivity index (χ2n) is 8.57. The number of hydrogen-bond donors (Lipinski definition) is 2. The molecule has 10 heteroatoms. The van der Waals surface area contributed by atoms with Crippen molar-refractivity contribution in [3.05, 3.63) is 90.5 Å². The number of nitrogens with one attached hydrogen (secondary N) is 2. The fraction of sp³-hybridized carbons (Fsp3) is 0.269. The Kier molecular flexibility index (Phi) is 7.19. The number of anilines is 1. The lowest BCUT2D eigenvalue weighted by Crippen LogP contribution is -2.44. The number of hydrogen-bond acceptors (Lipinski definition) is 7. The molecule has 2 fully saturated rings. The summed E-state index contributed by atoms with van der Waals surface area (Å²) >= 11 is 0. The van der Waals surface area contributed by atoms with Crippen LogP contribution in [0.1, 0.15) is 5.56 Å². The van der Waals surface area contributed by atoms with Crippen molar-refractivity contribution >= 4 is 21.8 Å². The molecular formula is C26H26N2O7S. The lowest BCUT2D eigenvalue weighted by molar-refractivity contribution is 0.00883. The molecule has 4 atom stereocenters. The van der Waals surface area contributed by atoms with Crippen LogP contribution in [0, 0.1) is 0 Å². The molecule has 0 radical (unpaired) electrons. The summed E-state index contributed by atoms with van der Waals surface area (Å²) < 4.78 is 50.6. The first kappa shape index (κ1) is 24.3. The second kappa shape index (κ2) is 10.7. The predicted molar refractivity (Wildman–Crippen MR) is 132 cm³/mol. The average Bonchev–Trinajstić information content (AvgIpc) is 3.44. The largest absolute Gasteiger partial charge is 0.457 e. The molecule has 0 spiro atoms. The van der Waals surface area contributed by atoms with Gasteiger partial charge in [-0.3, -0.25) is 5.32 Å². The first-order valence-corrected chi connectivity index (χ1v) is 13.2. The standard InChI is InChI=1S/C26H26N2O7S/c29-26(27-19-11-13-21(14-12-19)34-20-9-5-2-6-10-20)35-23-16-33-24-22(15-32-25(23)24)28-36(30,31)17-18-7-3-1-4-8-18/h1-14,22-25,28H,15-17H2,(H,27,29). The van der Waals surface area contributed by atoms with Crippen LogP contribution in [0.5, 0.6) is 11.5 Å². The number of benzene rings is 3. The highest BCUT2D eigenvalue weighted by Gasteiger charge is 2.50. The van der Waals surface area contributed by atoms with Gasteiger partial charge in [0, 0.05) is 5.69 Å². The zero-order valence-corrected chi connectivity index (χ0v) is 20.1. The molecule has 0 saturated carbocycles. The molecule has 0 aromatic heterocycles. The Bertz CT molecular complexity index is 1270. The summed E-state index contributed by atoms with van der Waals surface area (Å²) in [7, 11) is -3.60. The number of carbonyl (C=O) groups excluding carboxylic acids is 1. The number of ether oxygens (including phenoxy) is 4. The maximum atomic E-state index is 12.6. The van der Waals surface area contributed by atoms with Gasteiger partial charge in [0.1, 0.15) is 23.7 Å². The third-order valence-corrected chi connectivity index (χ3v) is 7.25. The lowest BCUT2D eigenvalue weighted by atomic mass is 10.1. The predicted octanol–water partition coefficient (Wildman–Crippen LogP) is 3.68. The first-order chi connectivity index (χ1) is 17.4. The molecule has 9 nitrogen and oxygen atoms in total. The van der Waals surface area contributed by atoms with Gasteiger partial charge in [0.15, 0.2) is 6.10 Å². The Labute approximate surface area is 209 Å².